The topological polar surface area (TPSA) is 80.3 Å². The highest BCUT2D eigenvalue weighted by atomic mass is 19.4. The van der Waals surface area contributed by atoms with Gasteiger partial charge in [-0.1, -0.05) is 19.9 Å². The van der Waals surface area contributed by atoms with Crippen LogP contribution in [0, 0.1) is 18.7 Å². The lowest BCUT2D eigenvalue weighted by molar-refractivity contribution is -0.275. The number of halogens is 4. The van der Waals surface area contributed by atoms with Gasteiger partial charge in [0.25, 0.3) is 5.91 Å². The summed E-state index contributed by atoms with van der Waals surface area (Å²) in [6.07, 6.45) is -5.03. The summed E-state index contributed by atoms with van der Waals surface area (Å²) in [5.74, 6) is -3.04. The Kier molecular flexibility index (Phi) is 6.78. The van der Waals surface area contributed by atoms with Gasteiger partial charge in [0.15, 0.2) is 11.6 Å². The summed E-state index contributed by atoms with van der Waals surface area (Å²) >= 11 is 0. The van der Waals surface area contributed by atoms with Gasteiger partial charge in [-0.15, -0.1) is 13.2 Å². The first-order valence-corrected chi connectivity index (χ1v) is 8.56. The highest BCUT2D eigenvalue weighted by Gasteiger charge is 2.32. The Morgan fingerprint density at radius 2 is 1.86 bits per heavy atom. The van der Waals surface area contributed by atoms with Crippen LogP contribution in [0.5, 0.6) is 5.75 Å². The molecule has 0 aliphatic heterocycles. The fourth-order valence-corrected chi connectivity index (χ4v) is 2.28. The summed E-state index contributed by atoms with van der Waals surface area (Å²) in [6.45, 7) is 4.89. The minimum Gasteiger partial charge on any atom is -0.403 e. The molecule has 1 aromatic heterocycles. The fraction of sp³-hybridized carbons (Fsp3) is 0.316. The summed E-state index contributed by atoms with van der Waals surface area (Å²) in [6, 6.07) is 5.77. The molecule has 29 heavy (non-hydrogen) atoms. The number of rotatable bonds is 6. The maximum Gasteiger partial charge on any atom is 0.573 e. The molecule has 2 amide bonds. The molecule has 0 saturated heterocycles. The normalized spacial score (nSPS) is 11.3. The maximum absolute atomic E-state index is 13.5. The molecule has 0 spiro atoms. The van der Waals surface area contributed by atoms with Gasteiger partial charge in [-0.2, -0.15) is 0 Å². The van der Waals surface area contributed by atoms with Gasteiger partial charge in [0, 0.05) is 23.7 Å². The summed E-state index contributed by atoms with van der Waals surface area (Å²) in [4.78, 5) is 28.3. The lowest BCUT2D eigenvalue weighted by Gasteiger charge is -2.12. The minimum atomic E-state index is -5.03. The van der Waals surface area contributed by atoms with Crippen molar-refractivity contribution in [2.75, 3.05) is 5.32 Å². The number of nitrogens with zero attached hydrogens (tertiary/aromatic N) is 1. The van der Waals surface area contributed by atoms with Crippen molar-refractivity contribution in [1.82, 2.24) is 10.3 Å². The van der Waals surface area contributed by atoms with Gasteiger partial charge in [-0.05, 0) is 36.8 Å². The zero-order valence-corrected chi connectivity index (χ0v) is 15.9. The average molecular weight is 413 g/mol. The van der Waals surface area contributed by atoms with E-state index in [1.54, 1.807) is 20.8 Å². The first kappa shape index (κ1) is 22.1. The van der Waals surface area contributed by atoms with E-state index >= 15 is 0 Å². The van der Waals surface area contributed by atoms with Crippen LogP contribution in [0.1, 0.15) is 35.5 Å². The number of benzene rings is 1. The van der Waals surface area contributed by atoms with Crippen LogP contribution >= 0.6 is 0 Å². The second-order valence-corrected chi connectivity index (χ2v) is 6.52. The molecule has 10 heteroatoms. The van der Waals surface area contributed by atoms with Crippen molar-refractivity contribution in [1.29, 1.82) is 0 Å². The second-order valence-electron chi connectivity index (χ2n) is 6.52. The first-order chi connectivity index (χ1) is 13.4. The van der Waals surface area contributed by atoms with E-state index in [4.69, 9.17) is 0 Å². The largest absolute Gasteiger partial charge is 0.573 e. The molecule has 2 N–H and O–H groups in total. The van der Waals surface area contributed by atoms with Crippen LogP contribution in [0.3, 0.4) is 0 Å². The molecule has 6 nitrogen and oxygen atoms in total. The SMILES string of the molecule is Cc1cc(C(=O)NCc2ccc(F)c(OC(F)(F)F)c2)cc(NC(=O)C(C)C)n1. The Morgan fingerprint density at radius 3 is 2.48 bits per heavy atom. The van der Waals surface area contributed by atoms with Crippen LogP contribution in [0.25, 0.3) is 0 Å². The van der Waals surface area contributed by atoms with Gasteiger partial charge in [0.2, 0.25) is 5.91 Å². The van der Waals surface area contributed by atoms with Gasteiger partial charge in [0.1, 0.15) is 5.82 Å². The first-order valence-electron chi connectivity index (χ1n) is 8.56. The summed E-state index contributed by atoms with van der Waals surface area (Å²) in [5, 5.41) is 5.11. The number of anilines is 1. The zero-order chi connectivity index (χ0) is 21.8. The quantitative estimate of drug-likeness (QED) is 0.703. The number of aromatic nitrogens is 1. The summed E-state index contributed by atoms with van der Waals surface area (Å²) < 4.78 is 54.0. The molecule has 1 heterocycles. The molecule has 0 radical (unpaired) electrons. The molecule has 0 unspecified atom stereocenters. The van der Waals surface area contributed by atoms with E-state index in [0.29, 0.717) is 5.69 Å². The van der Waals surface area contributed by atoms with E-state index in [1.807, 2.05) is 0 Å². The third-order valence-electron chi connectivity index (χ3n) is 3.67. The standard InChI is InChI=1S/C19H19F4N3O3/c1-10(2)17(27)26-16-8-13(6-11(3)25-16)18(28)24-9-12-4-5-14(20)15(7-12)29-19(21,22)23/h4-8,10H,9H2,1-3H3,(H,24,28)(H,25,26,27). The number of carbonyl (C=O) groups is 2. The van der Waals surface area contributed by atoms with E-state index in [1.165, 1.54) is 18.2 Å². The van der Waals surface area contributed by atoms with E-state index in [9.17, 15) is 27.2 Å². The number of alkyl halides is 3. The number of aryl methyl sites for hydroxylation is 1. The minimum absolute atomic E-state index is 0.164. The predicted octanol–water partition coefficient (Wildman–Crippen LogP) is 3.95. The number of hydrogen-bond donors (Lipinski definition) is 2. The molecule has 2 aromatic rings. The number of carbonyl (C=O) groups excluding carboxylic acids is 2. The van der Waals surface area contributed by atoms with Crippen molar-refractivity contribution in [2.24, 2.45) is 5.92 Å². The lowest BCUT2D eigenvalue weighted by Crippen LogP contribution is -2.24. The molecule has 0 saturated carbocycles. The van der Waals surface area contributed by atoms with Gasteiger partial charge >= 0.3 is 6.36 Å². The Morgan fingerprint density at radius 1 is 1.17 bits per heavy atom. The molecule has 1 aromatic carbocycles. The van der Waals surface area contributed by atoms with Crippen molar-refractivity contribution in [3.63, 3.8) is 0 Å². The number of pyridine rings is 1. The zero-order valence-electron chi connectivity index (χ0n) is 15.9. The lowest BCUT2D eigenvalue weighted by atomic mass is 10.1. The molecule has 0 atom stereocenters. The van der Waals surface area contributed by atoms with Crippen LogP contribution < -0.4 is 15.4 Å². The summed E-state index contributed by atoms with van der Waals surface area (Å²) in [7, 11) is 0. The highest BCUT2D eigenvalue weighted by molar-refractivity contribution is 5.97. The second kappa shape index (κ2) is 8.89. The van der Waals surface area contributed by atoms with Crippen molar-refractivity contribution >= 4 is 17.6 Å². The molecule has 156 valence electrons. The third-order valence-corrected chi connectivity index (χ3v) is 3.67. The Balaban J connectivity index is 2.10. The molecule has 0 bridgehead atoms. The van der Waals surface area contributed by atoms with Crippen LogP contribution in [-0.2, 0) is 11.3 Å². The number of hydrogen-bond acceptors (Lipinski definition) is 4. The van der Waals surface area contributed by atoms with E-state index < -0.39 is 23.8 Å². The molecular formula is C19H19F4N3O3. The Bertz CT molecular complexity index is 914. The smallest absolute Gasteiger partial charge is 0.403 e. The molecule has 0 aliphatic rings. The molecule has 0 aliphatic carbocycles. The van der Waals surface area contributed by atoms with Crippen LogP contribution in [-0.4, -0.2) is 23.2 Å². The van der Waals surface area contributed by atoms with Gasteiger partial charge in [-0.3, -0.25) is 9.59 Å². The van der Waals surface area contributed by atoms with Gasteiger partial charge in [0.05, 0.1) is 0 Å². The van der Waals surface area contributed by atoms with E-state index in [0.717, 1.165) is 12.1 Å². The monoisotopic (exact) mass is 413 g/mol. The highest BCUT2D eigenvalue weighted by Crippen LogP contribution is 2.26. The van der Waals surface area contributed by atoms with Crippen molar-refractivity contribution in [3.05, 3.63) is 53.0 Å². The molecule has 2 rings (SSSR count). The van der Waals surface area contributed by atoms with Crippen molar-refractivity contribution in [2.45, 2.75) is 33.7 Å². The third kappa shape index (κ3) is 6.74. The fourth-order valence-electron chi connectivity index (χ4n) is 2.28. The predicted molar refractivity (Wildman–Crippen MR) is 96.7 cm³/mol. The Hall–Kier alpha value is -3.17. The van der Waals surface area contributed by atoms with Gasteiger partial charge in [-0.25, -0.2) is 9.37 Å². The number of ether oxygens (including phenoxy) is 1. The summed E-state index contributed by atoms with van der Waals surface area (Å²) in [5.41, 5.74) is 0.892. The Labute approximate surface area is 164 Å². The molecular weight excluding hydrogens is 394 g/mol. The average Bonchev–Trinajstić information content (AvgIpc) is 2.60. The molecule has 0 fully saturated rings. The van der Waals surface area contributed by atoms with Crippen LogP contribution in [0.15, 0.2) is 30.3 Å². The van der Waals surface area contributed by atoms with Crippen molar-refractivity contribution in [3.8, 4) is 5.75 Å². The van der Waals surface area contributed by atoms with E-state index in [2.05, 4.69) is 20.4 Å². The maximum atomic E-state index is 13.5. The number of amides is 2. The van der Waals surface area contributed by atoms with Crippen LogP contribution in [0.4, 0.5) is 23.4 Å². The number of nitrogens with one attached hydrogen (secondary N) is 2. The van der Waals surface area contributed by atoms with Crippen LogP contribution in [0.2, 0.25) is 0 Å². The van der Waals surface area contributed by atoms with Gasteiger partial charge < -0.3 is 15.4 Å². The van der Waals surface area contributed by atoms with E-state index in [-0.39, 0.29) is 35.3 Å². The van der Waals surface area contributed by atoms with Crippen molar-refractivity contribution < 1.29 is 31.9 Å².